The molecule has 0 fully saturated rings. The lowest BCUT2D eigenvalue weighted by Crippen LogP contribution is -2.02. The average molecular weight is 253 g/mol. The maximum atomic E-state index is 10.1. The molecule has 0 aliphatic heterocycles. The molecule has 92 valence electrons. The molecule has 3 heteroatoms. The normalized spacial score (nSPS) is 15.1. The third-order valence-electron chi connectivity index (χ3n) is 3.15. The predicted molar refractivity (Wildman–Crippen MR) is 70.3 cm³/mol. The standard InChI is InChI=1S/C14H17ClO2/c1-3-9(2)6-12(16)14-8-10-7-11(15)4-5-13(10)17-14/h4-5,7-9,12,16H,3,6H2,1-2H3. The van der Waals surface area contributed by atoms with Gasteiger partial charge in [0.15, 0.2) is 0 Å². The Hall–Kier alpha value is -0.990. The molecule has 0 bridgehead atoms. The van der Waals surface area contributed by atoms with E-state index < -0.39 is 6.10 Å². The fourth-order valence-corrected chi connectivity index (χ4v) is 2.04. The second kappa shape index (κ2) is 5.11. The number of hydrogen-bond donors (Lipinski definition) is 1. The van der Waals surface area contributed by atoms with Gasteiger partial charge in [0.05, 0.1) is 0 Å². The van der Waals surface area contributed by atoms with Gasteiger partial charge in [-0.3, -0.25) is 0 Å². The highest BCUT2D eigenvalue weighted by Crippen LogP contribution is 2.29. The second-order valence-corrected chi connectivity index (χ2v) is 5.03. The van der Waals surface area contributed by atoms with Gasteiger partial charge in [0.25, 0.3) is 0 Å². The van der Waals surface area contributed by atoms with Crippen molar-refractivity contribution in [2.45, 2.75) is 32.8 Å². The Labute approximate surface area is 106 Å². The lowest BCUT2D eigenvalue weighted by molar-refractivity contribution is 0.124. The quantitative estimate of drug-likeness (QED) is 0.866. The van der Waals surface area contributed by atoms with Crippen molar-refractivity contribution in [1.29, 1.82) is 0 Å². The van der Waals surface area contributed by atoms with E-state index in [2.05, 4.69) is 13.8 Å². The molecule has 0 spiro atoms. The van der Waals surface area contributed by atoms with Crippen LogP contribution in [0.3, 0.4) is 0 Å². The number of halogens is 1. The summed E-state index contributed by atoms with van der Waals surface area (Å²) in [5.74, 6) is 1.12. The summed E-state index contributed by atoms with van der Waals surface area (Å²) >= 11 is 5.91. The van der Waals surface area contributed by atoms with Crippen molar-refractivity contribution in [2.75, 3.05) is 0 Å². The van der Waals surface area contributed by atoms with Crippen molar-refractivity contribution < 1.29 is 9.52 Å². The molecule has 2 rings (SSSR count). The number of fused-ring (bicyclic) bond motifs is 1. The van der Waals surface area contributed by atoms with E-state index in [1.54, 1.807) is 6.07 Å². The highest BCUT2D eigenvalue weighted by molar-refractivity contribution is 6.31. The number of aliphatic hydroxyl groups is 1. The SMILES string of the molecule is CCC(C)CC(O)c1cc2cc(Cl)ccc2o1. The average Bonchev–Trinajstić information content (AvgIpc) is 2.71. The van der Waals surface area contributed by atoms with Crippen LogP contribution in [0.1, 0.15) is 38.6 Å². The number of rotatable bonds is 4. The summed E-state index contributed by atoms with van der Waals surface area (Å²) in [4.78, 5) is 0. The molecule has 0 aliphatic rings. The lowest BCUT2D eigenvalue weighted by Gasteiger charge is -2.12. The Bertz CT molecular complexity index is 504. The zero-order valence-corrected chi connectivity index (χ0v) is 10.9. The smallest absolute Gasteiger partial charge is 0.134 e. The monoisotopic (exact) mass is 252 g/mol. The second-order valence-electron chi connectivity index (χ2n) is 4.60. The summed E-state index contributed by atoms with van der Waals surface area (Å²) < 4.78 is 5.62. The van der Waals surface area contributed by atoms with Gasteiger partial charge in [0.2, 0.25) is 0 Å². The van der Waals surface area contributed by atoms with Gasteiger partial charge in [-0.1, -0.05) is 31.9 Å². The topological polar surface area (TPSA) is 33.4 Å². The zero-order chi connectivity index (χ0) is 12.4. The van der Waals surface area contributed by atoms with Crippen molar-refractivity contribution in [3.05, 3.63) is 35.0 Å². The molecule has 0 aliphatic carbocycles. The Morgan fingerprint density at radius 1 is 1.35 bits per heavy atom. The maximum Gasteiger partial charge on any atom is 0.134 e. The van der Waals surface area contributed by atoms with Crippen LogP contribution in [0, 0.1) is 5.92 Å². The molecular weight excluding hydrogens is 236 g/mol. The van der Waals surface area contributed by atoms with Crippen LogP contribution in [0.5, 0.6) is 0 Å². The molecule has 0 amide bonds. The summed E-state index contributed by atoms with van der Waals surface area (Å²) in [6.07, 6.45) is 1.25. The van der Waals surface area contributed by atoms with E-state index in [4.69, 9.17) is 16.0 Å². The Balaban J connectivity index is 2.24. The van der Waals surface area contributed by atoms with Crippen LogP contribution in [0.2, 0.25) is 5.02 Å². The van der Waals surface area contributed by atoms with Gasteiger partial charge in [-0.2, -0.15) is 0 Å². The van der Waals surface area contributed by atoms with Crippen LogP contribution in [-0.2, 0) is 0 Å². The summed E-state index contributed by atoms with van der Waals surface area (Å²) in [5.41, 5.74) is 0.771. The van der Waals surface area contributed by atoms with Gasteiger partial charge in [-0.15, -0.1) is 0 Å². The third-order valence-corrected chi connectivity index (χ3v) is 3.38. The predicted octanol–water partition coefficient (Wildman–Crippen LogP) is 4.56. The molecule has 17 heavy (non-hydrogen) atoms. The van der Waals surface area contributed by atoms with Gasteiger partial charge in [0.1, 0.15) is 17.4 Å². The largest absolute Gasteiger partial charge is 0.458 e. The first kappa shape index (κ1) is 12.5. The molecule has 2 atom stereocenters. The molecule has 2 aromatic rings. The van der Waals surface area contributed by atoms with Crippen molar-refractivity contribution in [3.8, 4) is 0 Å². The summed E-state index contributed by atoms with van der Waals surface area (Å²) in [6, 6.07) is 7.34. The van der Waals surface area contributed by atoms with E-state index in [1.165, 1.54) is 0 Å². The van der Waals surface area contributed by atoms with Crippen LogP contribution >= 0.6 is 11.6 Å². The fraction of sp³-hybridized carbons (Fsp3) is 0.429. The number of hydrogen-bond acceptors (Lipinski definition) is 2. The van der Waals surface area contributed by atoms with E-state index >= 15 is 0 Å². The summed E-state index contributed by atoms with van der Waals surface area (Å²) in [6.45, 7) is 4.25. The Kier molecular flexibility index (Phi) is 3.75. The van der Waals surface area contributed by atoms with E-state index in [1.807, 2.05) is 18.2 Å². The van der Waals surface area contributed by atoms with Crippen molar-refractivity contribution in [3.63, 3.8) is 0 Å². The minimum Gasteiger partial charge on any atom is -0.458 e. The molecule has 1 aromatic heterocycles. The molecule has 0 saturated carbocycles. The van der Waals surface area contributed by atoms with E-state index in [-0.39, 0.29) is 0 Å². The Morgan fingerprint density at radius 2 is 2.12 bits per heavy atom. The zero-order valence-electron chi connectivity index (χ0n) is 10.1. The third kappa shape index (κ3) is 2.82. The highest BCUT2D eigenvalue weighted by atomic mass is 35.5. The molecule has 1 aromatic carbocycles. The van der Waals surface area contributed by atoms with E-state index in [9.17, 15) is 5.11 Å². The van der Waals surface area contributed by atoms with E-state index in [0.717, 1.165) is 23.8 Å². The fourth-order valence-electron chi connectivity index (χ4n) is 1.86. The van der Waals surface area contributed by atoms with Crippen LogP contribution in [0.4, 0.5) is 0 Å². The van der Waals surface area contributed by atoms with Gasteiger partial charge in [-0.25, -0.2) is 0 Å². The van der Waals surface area contributed by atoms with Crippen LogP contribution in [-0.4, -0.2) is 5.11 Å². The van der Waals surface area contributed by atoms with Crippen molar-refractivity contribution >= 4 is 22.6 Å². The lowest BCUT2D eigenvalue weighted by atomic mass is 10.00. The van der Waals surface area contributed by atoms with Crippen LogP contribution in [0.15, 0.2) is 28.7 Å². The minimum atomic E-state index is -0.531. The molecule has 0 radical (unpaired) electrons. The number of furan rings is 1. The van der Waals surface area contributed by atoms with Crippen LogP contribution < -0.4 is 0 Å². The van der Waals surface area contributed by atoms with Crippen molar-refractivity contribution in [2.24, 2.45) is 5.92 Å². The molecule has 2 unspecified atom stereocenters. The van der Waals surface area contributed by atoms with Gasteiger partial charge in [-0.05, 0) is 36.6 Å². The first-order chi connectivity index (χ1) is 8.10. The first-order valence-corrected chi connectivity index (χ1v) is 6.35. The Morgan fingerprint density at radius 3 is 2.82 bits per heavy atom. The van der Waals surface area contributed by atoms with E-state index in [0.29, 0.717) is 16.7 Å². The number of benzene rings is 1. The molecular formula is C14H17ClO2. The van der Waals surface area contributed by atoms with Crippen LogP contribution in [0.25, 0.3) is 11.0 Å². The summed E-state index contributed by atoms with van der Waals surface area (Å²) in [7, 11) is 0. The summed E-state index contributed by atoms with van der Waals surface area (Å²) in [5, 5.41) is 11.7. The molecule has 2 nitrogen and oxygen atoms in total. The highest BCUT2D eigenvalue weighted by Gasteiger charge is 2.15. The molecule has 0 saturated heterocycles. The first-order valence-electron chi connectivity index (χ1n) is 5.97. The van der Waals surface area contributed by atoms with Gasteiger partial charge >= 0.3 is 0 Å². The molecule has 1 N–H and O–H groups in total. The number of aliphatic hydroxyl groups excluding tert-OH is 1. The minimum absolute atomic E-state index is 0.488. The molecule has 1 heterocycles. The van der Waals surface area contributed by atoms with Crippen molar-refractivity contribution in [1.82, 2.24) is 0 Å². The van der Waals surface area contributed by atoms with Gasteiger partial charge < -0.3 is 9.52 Å². The van der Waals surface area contributed by atoms with Gasteiger partial charge in [0, 0.05) is 10.4 Å². The maximum absolute atomic E-state index is 10.1.